The van der Waals surface area contributed by atoms with Crippen molar-refractivity contribution in [1.82, 2.24) is 4.31 Å². The first-order valence-corrected chi connectivity index (χ1v) is 9.74. The van der Waals surface area contributed by atoms with Gasteiger partial charge < -0.3 is 23.7 Å². The minimum absolute atomic E-state index is 0.00501. The van der Waals surface area contributed by atoms with E-state index in [2.05, 4.69) is 0 Å². The summed E-state index contributed by atoms with van der Waals surface area (Å²) in [6.07, 6.45) is 0. The Morgan fingerprint density at radius 2 is 1.74 bits per heavy atom. The predicted octanol–water partition coefficient (Wildman–Crippen LogP) is 2.02. The van der Waals surface area contributed by atoms with E-state index in [1.807, 2.05) is 6.07 Å². The number of nitrogens with zero attached hydrogens (tertiary/aromatic N) is 1. The SMILES string of the molecule is COc1cc(OC)c2c(c1)OCN(Cc1ccc3c(c1)OCCO3)S2(=O)=O. The predicted molar refractivity (Wildman–Crippen MR) is 95.2 cm³/mol. The van der Waals surface area contributed by atoms with Crippen LogP contribution in [0.15, 0.2) is 35.2 Å². The monoisotopic (exact) mass is 393 g/mol. The summed E-state index contributed by atoms with van der Waals surface area (Å²) in [5.74, 6) is 2.11. The van der Waals surface area contributed by atoms with Crippen LogP contribution in [-0.2, 0) is 16.6 Å². The standard InChI is InChI=1S/C18H19NO7S/c1-22-13-8-16(23-2)18-17(9-13)26-11-19(27(18,20)21)10-12-3-4-14-15(7-12)25-6-5-24-14/h3-4,7-9H,5-6,10-11H2,1-2H3. The second-order valence-electron chi connectivity index (χ2n) is 6.02. The quantitative estimate of drug-likeness (QED) is 0.786. The van der Waals surface area contributed by atoms with Gasteiger partial charge in [-0.1, -0.05) is 6.07 Å². The van der Waals surface area contributed by atoms with Crippen LogP contribution in [0.25, 0.3) is 0 Å². The molecule has 0 unspecified atom stereocenters. The van der Waals surface area contributed by atoms with Crippen LogP contribution in [0.1, 0.15) is 5.56 Å². The molecule has 0 spiro atoms. The molecule has 0 bridgehead atoms. The summed E-state index contributed by atoms with van der Waals surface area (Å²) < 4.78 is 54.7. The van der Waals surface area contributed by atoms with E-state index in [0.29, 0.717) is 30.5 Å². The number of hydrogen-bond acceptors (Lipinski definition) is 7. The van der Waals surface area contributed by atoms with E-state index in [1.165, 1.54) is 30.7 Å². The van der Waals surface area contributed by atoms with Gasteiger partial charge >= 0.3 is 0 Å². The Bertz CT molecular complexity index is 957. The molecule has 0 saturated carbocycles. The molecular weight excluding hydrogens is 374 g/mol. The van der Waals surface area contributed by atoms with E-state index in [1.54, 1.807) is 12.1 Å². The molecule has 27 heavy (non-hydrogen) atoms. The molecule has 2 aromatic rings. The van der Waals surface area contributed by atoms with Crippen LogP contribution in [0.2, 0.25) is 0 Å². The third kappa shape index (κ3) is 3.13. The van der Waals surface area contributed by atoms with E-state index in [0.717, 1.165) is 5.56 Å². The zero-order valence-corrected chi connectivity index (χ0v) is 15.7. The summed E-state index contributed by atoms with van der Waals surface area (Å²) in [5, 5.41) is 0. The van der Waals surface area contributed by atoms with Crippen LogP contribution >= 0.6 is 0 Å². The largest absolute Gasteiger partial charge is 0.496 e. The zero-order chi connectivity index (χ0) is 19.0. The minimum atomic E-state index is -3.81. The second kappa shape index (κ2) is 6.82. The third-order valence-electron chi connectivity index (χ3n) is 4.38. The normalized spacial score (nSPS) is 17.6. The lowest BCUT2D eigenvalue weighted by atomic mass is 10.2. The molecule has 0 amide bonds. The van der Waals surface area contributed by atoms with E-state index in [9.17, 15) is 8.42 Å². The van der Waals surface area contributed by atoms with Crippen molar-refractivity contribution in [2.24, 2.45) is 0 Å². The maximum atomic E-state index is 13.1. The molecule has 2 aromatic carbocycles. The average Bonchev–Trinajstić information content (AvgIpc) is 2.69. The van der Waals surface area contributed by atoms with Crippen LogP contribution in [0.4, 0.5) is 0 Å². The summed E-state index contributed by atoms with van der Waals surface area (Å²) in [7, 11) is -0.915. The summed E-state index contributed by atoms with van der Waals surface area (Å²) in [6, 6.07) is 8.43. The Labute approximate surface area is 157 Å². The number of ether oxygens (including phenoxy) is 5. The van der Waals surface area contributed by atoms with Crippen molar-refractivity contribution >= 4 is 10.0 Å². The van der Waals surface area contributed by atoms with E-state index < -0.39 is 10.0 Å². The summed E-state index contributed by atoms with van der Waals surface area (Å²) in [6.45, 7) is 0.989. The number of sulfonamides is 1. The Morgan fingerprint density at radius 1 is 0.963 bits per heavy atom. The Morgan fingerprint density at radius 3 is 2.48 bits per heavy atom. The molecule has 0 aromatic heterocycles. The lowest BCUT2D eigenvalue weighted by Gasteiger charge is -2.30. The first-order chi connectivity index (χ1) is 13.0. The molecule has 0 aliphatic carbocycles. The van der Waals surface area contributed by atoms with Crippen LogP contribution in [0, 0.1) is 0 Å². The van der Waals surface area contributed by atoms with Gasteiger partial charge in [-0.05, 0) is 17.7 Å². The number of benzene rings is 2. The molecular formula is C18H19NO7S. The van der Waals surface area contributed by atoms with Crippen molar-refractivity contribution < 1.29 is 32.1 Å². The first-order valence-electron chi connectivity index (χ1n) is 8.30. The molecule has 0 atom stereocenters. The maximum absolute atomic E-state index is 13.1. The topological polar surface area (TPSA) is 83.5 Å². The van der Waals surface area contributed by atoms with Gasteiger partial charge in [-0.15, -0.1) is 0 Å². The number of methoxy groups -OCH3 is 2. The lowest BCUT2D eigenvalue weighted by molar-refractivity contribution is 0.168. The fourth-order valence-corrected chi connectivity index (χ4v) is 4.58. The summed E-state index contributed by atoms with van der Waals surface area (Å²) in [4.78, 5) is -0.00501. The molecule has 144 valence electrons. The van der Waals surface area contributed by atoms with Gasteiger partial charge in [0.25, 0.3) is 10.0 Å². The lowest BCUT2D eigenvalue weighted by Crippen LogP contribution is -2.38. The van der Waals surface area contributed by atoms with Gasteiger partial charge in [0, 0.05) is 18.7 Å². The summed E-state index contributed by atoms with van der Waals surface area (Å²) in [5.41, 5.74) is 0.766. The fourth-order valence-electron chi connectivity index (χ4n) is 3.04. The summed E-state index contributed by atoms with van der Waals surface area (Å²) >= 11 is 0. The third-order valence-corrected chi connectivity index (χ3v) is 6.21. The number of fused-ring (bicyclic) bond motifs is 2. The average molecular weight is 393 g/mol. The van der Waals surface area contributed by atoms with Crippen LogP contribution in [0.5, 0.6) is 28.7 Å². The van der Waals surface area contributed by atoms with Crippen molar-refractivity contribution in [3.63, 3.8) is 0 Å². The molecule has 9 heteroatoms. The van der Waals surface area contributed by atoms with Crippen molar-refractivity contribution in [3.05, 3.63) is 35.9 Å². The molecule has 2 aliphatic rings. The highest BCUT2D eigenvalue weighted by atomic mass is 32.2. The van der Waals surface area contributed by atoms with Crippen molar-refractivity contribution in [3.8, 4) is 28.7 Å². The highest BCUT2D eigenvalue weighted by molar-refractivity contribution is 7.89. The smallest absolute Gasteiger partial charge is 0.253 e. The van der Waals surface area contributed by atoms with Gasteiger partial charge in [0.2, 0.25) is 0 Å². The first kappa shape index (κ1) is 17.7. The van der Waals surface area contributed by atoms with Crippen molar-refractivity contribution in [1.29, 1.82) is 0 Å². The van der Waals surface area contributed by atoms with Crippen molar-refractivity contribution in [2.75, 3.05) is 34.2 Å². The molecule has 0 fully saturated rings. The number of hydrogen-bond donors (Lipinski definition) is 0. The molecule has 0 N–H and O–H groups in total. The van der Waals surface area contributed by atoms with Gasteiger partial charge in [-0.25, -0.2) is 8.42 Å². The van der Waals surface area contributed by atoms with Gasteiger partial charge in [0.1, 0.15) is 30.5 Å². The highest BCUT2D eigenvalue weighted by Gasteiger charge is 2.37. The van der Waals surface area contributed by atoms with E-state index in [-0.39, 0.29) is 29.7 Å². The highest BCUT2D eigenvalue weighted by Crippen LogP contribution is 2.42. The second-order valence-corrected chi connectivity index (χ2v) is 7.90. The van der Waals surface area contributed by atoms with Gasteiger partial charge in [-0.2, -0.15) is 4.31 Å². The molecule has 4 rings (SSSR count). The minimum Gasteiger partial charge on any atom is -0.496 e. The maximum Gasteiger partial charge on any atom is 0.253 e. The van der Waals surface area contributed by atoms with Gasteiger partial charge in [0.05, 0.1) is 14.2 Å². The molecule has 8 nitrogen and oxygen atoms in total. The molecule has 0 saturated heterocycles. The van der Waals surface area contributed by atoms with Crippen LogP contribution < -0.4 is 23.7 Å². The molecule has 0 radical (unpaired) electrons. The Balaban J connectivity index is 1.67. The van der Waals surface area contributed by atoms with Crippen LogP contribution in [-0.4, -0.2) is 46.9 Å². The Hall–Kier alpha value is -2.65. The van der Waals surface area contributed by atoms with Gasteiger partial charge in [-0.3, -0.25) is 0 Å². The van der Waals surface area contributed by atoms with E-state index >= 15 is 0 Å². The van der Waals surface area contributed by atoms with Crippen LogP contribution in [0.3, 0.4) is 0 Å². The zero-order valence-electron chi connectivity index (χ0n) is 14.9. The van der Waals surface area contributed by atoms with Gasteiger partial charge in [0.15, 0.2) is 23.1 Å². The van der Waals surface area contributed by atoms with E-state index in [4.69, 9.17) is 23.7 Å². The van der Waals surface area contributed by atoms with Crippen molar-refractivity contribution in [2.45, 2.75) is 11.4 Å². The molecule has 2 heterocycles. The molecule has 2 aliphatic heterocycles. The Kier molecular flexibility index (Phi) is 4.48. The fraction of sp³-hybridized carbons (Fsp3) is 0.333. The number of rotatable bonds is 4.